The van der Waals surface area contributed by atoms with E-state index >= 15 is 0 Å². The van der Waals surface area contributed by atoms with Gasteiger partial charge in [-0.1, -0.05) is 0 Å². The Morgan fingerprint density at radius 3 is 2.67 bits per heavy atom. The van der Waals surface area contributed by atoms with Gasteiger partial charge < -0.3 is 5.32 Å². The molecule has 1 aromatic heterocycles. The Balaban J connectivity index is 2.48. The molecule has 0 saturated carbocycles. The van der Waals surface area contributed by atoms with Crippen molar-refractivity contribution < 1.29 is 13.2 Å². The van der Waals surface area contributed by atoms with Crippen LogP contribution in [0.2, 0.25) is 0 Å². The molecule has 0 aliphatic carbocycles. The number of carbonyl (C=O) groups is 1. The van der Waals surface area contributed by atoms with Crippen LogP contribution in [0.1, 0.15) is 13.8 Å². The number of hydrogen-bond acceptors (Lipinski definition) is 4. The van der Waals surface area contributed by atoms with E-state index in [1.807, 2.05) is 0 Å². The zero-order chi connectivity index (χ0) is 13.6. The quantitative estimate of drug-likeness (QED) is 0.773. The maximum Gasteiger partial charge on any atom is 0.261 e. The summed E-state index contributed by atoms with van der Waals surface area (Å²) in [6.45, 7) is 3.76. The summed E-state index contributed by atoms with van der Waals surface area (Å²) in [6, 6.07) is 1.43. The average Bonchev–Trinajstić information content (AvgIpc) is 2.69. The Morgan fingerprint density at radius 1 is 1.44 bits per heavy atom. The van der Waals surface area contributed by atoms with E-state index in [1.54, 1.807) is 20.9 Å². The number of aromatic nitrogens is 2. The van der Waals surface area contributed by atoms with Crippen molar-refractivity contribution in [2.75, 3.05) is 13.1 Å². The monoisotopic (exact) mass is 272 g/mol. The lowest BCUT2D eigenvalue weighted by molar-refractivity contribution is -0.131. The zero-order valence-corrected chi connectivity index (χ0v) is 11.4. The molecule has 8 heteroatoms. The number of amides is 1. The zero-order valence-electron chi connectivity index (χ0n) is 10.5. The summed E-state index contributed by atoms with van der Waals surface area (Å²) in [5.41, 5.74) is -1.10. The van der Waals surface area contributed by atoms with E-state index in [0.29, 0.717) is 6.54 Å². The minimum atomic E-state index is -3.72. The standard InChI is InChI=1S/C10H16N4O3S/c1-10(2)9(15)11-6-7-14(10)18(16,17)8-4-5-12-13(8)3/h4-5H,6-7H2,1-3H3,(H,11,15). The number of piperazine rings is 1. The molecule has 0 aromatic carbocycles. The van der Waals surface area contributed by atoms with Gasteiger partial charge >= 0.3 is 0 Å². The van der Waals surface area contributed by atoms with Crippen molar-refractivity contribution in [3.8, 4) is 0 Å². The largest absolute Gasteiger partial charge is 0.353 e. The van der Waals surface area contributed by atoms with Gasteiger partial charge in [-0.25, -0.2) is 8.42 Å². The van der Waals surface area contributed by atoms with Crippen molar-refractivity contribution in [3.63, 3.8) is 0 Å². The molecule has 1 aliphatic heterocycles. The van der Waals surface area contributed by atoms with Crippen molar-refractivity contribution in [2.45, 2.75) is 24.4 Å². The van der Waals surface area contributed by atoms with Crippen molar-refractivity contribution >= 4 is 15.9 Å². The summed E-state index contributed by atoms with van der Waals surface area (Å²) in [6.07, 6.45) is 1.42. The van der Waals surface area contributed by atoms with E-state index in [0.717, 1.165) is 0 Å². The predicted molar refractivity (Wildman–Crippen MR) is 64.2 cm³/mol. The highest BCUT2D eigenvalue weighted by Crippen LogP contribution is 2.26. The minimum absolute atomic E-state index is 0.0882. The molecule has 7 nitrogen and oxygen atoms in total. The van der Waals surface area contributed by atoms with Crippen molar-refractivity contribution in [1.29, 1.82) is 0 Å². The highest BCUT2D eigenvalue weighted by Gasteiger charge is 2.45. The smallest absolute Gasteiger partial charge is 0.261 e. The molecular formula is C10H16N4O3S. The summed E-state index contributed by atoms with van der Waals surface area (Å²) >= 11 is 0. The lowest BCUT2D eigenvalue weighted by Crippen LogP contribution is -2.63. The highest BCUT2D eigenvalue weighted by molar-refractivity contribution is 7.89. The normalized spacial score (nSPS) is 20.7. The first-order valence-electron chi connectivity index (χ1n) is 5.57. The van der Waals surface area contributed by atoms with E-state index in [-0.39, 0.29) is 17.5 Å². The fraction of sp³-hybridized carbons (Fsp3) is 0.600. The fourth-order valence-electron chi connectivity index (χ4n) is 2.03. The van der Waals surface area contributed by atoms with Crippen LogP contribution >= 0.6 is 0 Å². The molecule has 1 amide bonds. The number of nitrogens with one attached hydrogen (secondary N) is 1. The Labute approximate surface area is 106 Å². The first-order chi connectivity index (χ1) is 8.28. The van der Waals surface area contributed by atoms with Crippen molar-refractivity contribution in [3.05, 3.63) is 12.3 Å². The van der Waals surface area contributed by atoms with Gasteiger partial charge in [-0.2, -0.15) is 9.40 Å². The number of rotatable bonds is 2. The number of carbonyl (C=O) groups excluding carboxylic acids is 1. The van der Waals surface area contributed by atoms with Crippen LogP contribution in [0, 0.1) is 0 Å². The lowest BCUT2D eigenvalue weighted by atomic mass is 10.0. The second-order valence-electron chi connectivity index (χ2n) is 4.69. The van der Waals surface area contributed by atoms with Crippen LogP contribution in [0.15, 0.2) is 17.3 Å². The molecular weight excluding hydrogens is 256 g/mol. The SMILES string of the molecule is Cn1nccc1S(=O)(=O)N1CCNC(=O)C1(C)C. The molecule has 1 N–H and O–H groups in total. The molecule has 1 fully saturated rings. The first-order valence-corrected chi connectivity index (χ1v) is 7.01. The highest BCUT2D eigenvalue weighted by atomic mass is 32.2. The molecule has 2 heterocycles. The fourth-order valence-corrected chi connectivity index (χ4v) is 3.88. The van der Waals surface area contributed by atoms with Crippen LogP contribution in [-0.2, 0) is 21.9 Å². The van der Waals surface area contributed by atoms with Crippen LogP contribution in [0.5, 0.6) is 0 Å². The second kappa shape index (κ2) is 4.06. The number of hydrogen-bond donors (Lipinski definition) is 1. The lowest BCUT2D eigenvalue weighted by Gasteiger charge is -2.39. The third-order valence-electron chi connectivity index (χ3n) is 3.11. The molecule has 0 atom stereocenters. The number of aryl methyl sites for hydroxylation is 1. The topological polar surface area (TPSA) is 84.3 Å². The molecule has 0 spiro atoms. The van der Waals surface area contributed by atoms with Gasteiger partial charge in [0, 0.05) is 20.1 Å². The van der Waals surface area contributed by atoms with Crippen LogP contribution in [0.4, 0.5) is 0 Å². The number of nitrogens with zero attached hydrogens (tertiary/aromatic N) is 3. The Hall–Kier alpha value is -1.41. The maximum atomic E-state index is 12.5. The second-order valence-corrected chi connectivity index (χ2v) is 6.49. The van der Waals surface area contributed by atoms with E-state index in [4.69, 9.17) is 0 Å². The van der Waals surface area contributed by atoms with E-state index < -0.39 is 15.6 Å². The van der Waals surface area contributed by atoms with Crippen LogP contribution in [0.25, 0.3) is 0 Å². The van der Waals surface area contributed by atoms with E-state index in [2.05, 4.69) is 10.4 Å². The van der Waals surface area contributed by atoms with E-state index in [1.165, 1.54) is 21.3 Å². The molecule has 0 bridgehead atoms. The van der Waals surface area contributed by atoms with Crippen LogP contribution in [0.3, 0.4) is 0 Å². The number of sulfonamides is 1. The molecule has 1 aromatic rings. The molecule has 0 radical (unpaired) electrons. The molecule has 2 rings (SSSR count). The molecule has 1 aliphatic rings. The van der Waals surface area contributed by atoms with Gasteiger partial charge in [0.05, 0.1) is 6.20 Å². The average molecular weight is 272 g/mol. The Bertz CT molecular complexity index is 576. The van der Waals surface area contributed by atoms with Crippen LogP contribution in [-0.4, -0.2) is 47.0 Å². The summed E-state index contributed by atoms with van der Waals surface area (Å²) in [5, 5.41) is 6.61. The van der Waals surface area contributed by atoms with Gasteiger partial charge in [0.15, 0.2) is 5.03 Å². The van der Waals surface area contributed by atoms with E-state index in [9.17, 15) is 13.2 Å². The summed E-state index contributed by atoms with van der Waals surface area (Å²) in [7, 11) is -2.16. The van der Waals surface area contributed by atoms with Crippen molar-refractivity contribution in [2.24, 2.45) is 7.05 Å². The van der Waals surface area contributed by atoms with Gasteiger partial charge in [0.2, 0.25) is 5.91 Å². The Morgan fingerprint density at radius 2 is 2.11 bits per heavy atom. The third kappa shape index (κ3) is 1.81. The first kappa shape index (κ1) is 13.0. The maximum absolute atomic E-state index is 12.5. The molecule has 0 unspecified atom stereocenters. The van der Waals surface area contributed by atoms with Gasteiger partial charge in [-0.15, -0.1) is 0 Å². The van der Waals surface area contributed by atoms with Gasteiger partial charge in [-0.3, -0.25) is 9.48 Å². The summed E-state index contributed by atoms with van der Waals surface area (Å²) < 4.78 is 27.5. The third-order valence-corrected chi connectivity index (χ3v) is 5.26. The molecule has 100 valence electrons. The van der Waals surface area contributed by atoms with Gasteiger partial charge in [0.1, 0.15) is 5.54 Å². The molecule has 18 heavy (non-hydrogen) atoms. The molecule has 1 saturated heterocycles. The Kier molecular flexibility index (Phi) is 2.94. The summed E-state index contributed by atoms with van der Waals surface area (Å²) in [4.78, 5) is 11.8. The van der Waals surface area contributed by atoms with Gasteiger partial charge in [-0.05, 0) is 19.9 Å². The van der Waals surface area contributed by atoms with Crippen LogP contribution < -0.4 is 5.32 Å². The van der Waals surface area contributed by atoms with Gasteiger partial charge in [0.25, 0.3) is 10.0 Å². The van der Waals surface area contributed by atoms with Crippen molar-refractivity contribution in [1.82, 2.24) is 19.4 Å². The predicted octanol–water partition coefficient (Wildman–Crippen LogP) is -0.681. The minimum Gasteiger partial charge on any atom is -0.353 e. The summed E-state index contributed by atoms with van der Waals surface area (Å²) in [5.74, 6) is -0.292.